The molecule has 0 spiro atoms. The summed E-state index contributed by atoms with van der Waals surface area (Å²) in [6.45, 7) is 9.36. The molecule has 0 radical (unpaired) electrons. The number of benzene rings is 2. The van der Waals surface area contributed by atoms with Crippen LogP contribution >= 0.6 is 11.8 Å². The predicted octanol–water partition coefficient (Wildman–Crippen LogP) is 6.32. The third-order valence-electron chi connectivity index (χ3n) is 8.08. The molecule has 2 aromatic carbocycles. The third kappa shape index (κ3) is 6.88. The minimum Gasteiger partial charge on any atom is -0.466 e. The number of fused-ring (bicyclic) bond motifs is 1. The van der Waals surface area contributed by atoms with Crippen molar-refractivity contribution in [1.29, 1.82) is 0 Å². The number of hydrogen-bond donors (Lipinski definition) is 0. The highest BCUT2D eigenvalue weighted by Gasteiger charge is 2.42. The predicted molar refractivity (Wildman–Crippen MR) is 168 cm³/mol. The number of thioether (sulfide) groups is 1. The van der Waals surface area contributed by atoms with Crippen molar-refractivity contribution in [1.82, 2.24) is 9.80 Å². The number of rotatable bonds is 9. The number of carbonyl (C=O) groups excluding carboxylic acids is 3. The molecule has 1 saturated heterocycles. The fourth-order valence-corrected chi connectivity index (χ4v) is 6.70. The molecule has 0 saturated carbocycles. The van der Waals surface area contributed by atoms with Crippen molar-refractivity contribution in [3.63, 3.8) is 0 Å². The lowest BCUT2D eigenvalue weighted by molar-refractivity contribution is -0.151. The average molecular weight is 602 g/mol. The molecule has 5 rings (SSSR count). The number of hydrogen-bond acceptors (Lipinski definition) is 8. The van der Waals surface area contributed by atoms with E-state index in [-0.39, 0.29) is 30.8 Å². The summed E-state index contributed by atoms with van der Waals surface area (Å²) in [6, 6.07) is 17.4. The normalized spacial score (nSPS) is 20.0. The Bertz CT molecular complexity index is 1450. The van der Waals surface area contributed by atoms with Crippen LogP contribution in [-0.2, 0) is 30.5 Å². The zero-order valence-corrected chi connectivity index (χ0v) is 26.1. The Kier molecular flexibility index (Phi) is 9.70. The summed E-state index contributed by atoms with van der Waals surface area (Å²) in [5.74, 6) is -0.678. The van der Waals surface area contributed by atoms with Gasteiger partial charge in [0.25, 0.3) is 0 Å². The van der Waals surface area contributed by atoms with Crippen LogP contribution in [0.15, 0.2) is 82.0 Å². The van der Waals surface area contributed by atoms with E-state index in [1.807, 2.05) is 47.6 Å². The van der Waals surface area contributed by atoms with Crippen LogP contribution in [0.5, 0.6) is 0 Å². The summed E-state index contributed by atoms with van der Waals surface area (Å²) in [5.41, 5.74) is 4.85. The number of piperidine rings is 1. The van der Waals surface area contributed by atoms with Gasteiger partial charge in [-0.05, 0) is 54.7 Å². The van der Waals surface area contributed by atoms with E-state index >= 15 is 0 Å². The first-order chi connectivity index (χ1) is 20.8. The second-order valence-electron chi connectivity index (χ2n) is 11.4. The summed E-state index contributed by atoms with van der Waals surface area (Å²) < 4.78 is 11.1. The molecule has 9 heteroatoms. The number of aliphatic imine (C=N–C) groups is 1. The SMILES string of the molecule is CCOC(=O)[C@@H]1CCCN(C(=O)CC2=CSC3=NC(C)=C(C(=O)OCc4ccccc4)[C@H](c4ccc(C(C)C)cc4)N23)C1. The van der Waals surface area contributed by atoms with Crippen molar-refractivity contribution in [2.45, 2.75) is 65.5 Å². The number of ether oxygens (including phenoxy) is 2. The second kappa shape index (κ2) is 13.6. The van der Waals surface area contributed by atoms with E-state index in [0.29, 0.717) is 36.9 Å². The Morgan fingerprint density at radius 1 is 1.05 bits per heavy atom. The van der Waals surface area contributed by atoms with E-state index in [1.165, 1.54) is 17.3 Å². The van der Waals surface area contributed by atoms with Crippen LogP contribution < -0.4 is 0 Å². The highest BCUT2D eigenvalue weighted by molar-refractivity contribution is 8.16. The van der Waals surface area contributed by atoms with Gasteiger partial charge in [-0.3, -0.25) is 9.59 Å². The van der Waals surface area contributed by atoms with Crippen LogP contribution in [0, 0.1) is 5.92 Å². The quantitative estimate of drug-likeness (QED) is 0.311. The van der Waals surface area contributed by atoms with Crippen molar-refractivity contribution in [2.24, 2.45) is 10.9 Å². The molecule has 0 bridgehead atoms. The standard InChI is InChI=1S/C34H39N3O5S/c1-5-41-32(39)27-12-9-17-36(19-27)29(38)18-28-21-43-34-35-23(4)30(33(40)42-20-24-10-7-6-8-11-24)31(37(28)34)26-15-13-25(14-16-26)22(2)3/h6-8,10-11,13-16,21-22,27,31H,5,9,12,17-20H2,1-4H3/t27-,31+/m1/s1. The van der Waals surface area contributed by atoms with Crippen LogP contribution in [0.3, 0.4) is 0 Å². The Hall–Kier alpha value is -3.85. The molecule has 2 atom stereocenters. The van der Waals surface area contributed by atoms with E-state index in [9.17, 15) is 14.4 Å². The number of amides is 1. The lowest BCUT2D eigenvalue weighted by atomic mass is 9.91. The first-order valence-electron chi connectivity index (χ1n) is 15.0. The lowest BCUT2D eigenvalue weighted by Crippen LogP contribution is -2.44. The van der Waals surface area contributed by atoms with Gasteiger partial charge in [0, 0.05) is 18.8 Å². The van der Waals surface area contributed by atoms with Crippen molar-refractivity contribution < 1.29 is 23.9 Å². The molecule has 2 aromatic rings. The van der Waals surface area contributed by atoms with Crippen molar-refractivity contribution >= 4 is 34.8 Å². The zero-order valence-electron chi connectivity index (χ0n) is 25.2. The van der Waals surface area contributed by atoms with E-state index < -0.39 is 12.0 Å². The number of allylic oxidation sites excluding steroid dienone is 1. The molecular weight excluding hydrogens is 562 g/mol. The molecule has 1 fully saturated rings. The van der Waals surface area contributed by atoms with Crippen LogP contribution in [0.2, 0.25) is 0 Å². The molecule has 3 heterocycles. The van der Waals surface area contributed by atoms with E-state index in [0.717, 1.165) is 34.8 Å². The molecule has 226 valence electrons. The Morgan fingerprint density at radius 2 is 1.79 bits per heavy atom. The molecule has 0 aromatic heterocycles. The molecule has 43 heavy (non-hydrogen) atoms. The van der Waals surface area contributed by atoms with Gasteiger partial charge in [-0.25, -0.2) is 9.79 Å². The zero-order chi connectivity index (χ0) is 30.5. The number of amidine groups is 1. The summed E-state index contributed by atoms with van der Waals surface area (Å²) in [4.78, 5) is 48.3. The number of carbonyl (C=O) groups is 3. The minimum atomic E-state index is -0.500. The molecule has 0 unspecified atom stereocenters. The third-order valence-corrected chi connectivity index (χ3v) is 8.97. The molecule has 3 aliphatic heterocycles. The van der Waals surface area contributed by atoms with Crippen LogP contribution in [0.4, 0.5) is 0 Å². The molecular formula is C34H39N3O5S. The largest absolute Gasteiger partial charge is 0.466 e. The molecule has 0 N–H and O–H groups in total. The smallest absolute Gasteiger partial charge is 0.338 e. The van der Waals surface area contributed by atoms with Gasteiger partial charge in [-0.15, -0.1) is 0 Å². The van der Waals surface area contributed by atoms with Gasteiger partial charge in [-0.1, -0.05) is 80.2 Å². The lowest BCUT2D eigenvalue weighted by Gasteiger charge is -2.37. The van der Waals surface area contributed by atoms with Crippen molar-refractivity contribution in [3.05, 3.63) is 93.7 Å². The van der Waals surface area contributed by atoms with E-state index in [4.69, 9.17) is 14.5 Å². The molecule has 3 aliphatic rings. The highest BCUT2D eigenvalue weighted by Crippen LogP contribution is 2.45. The number of likely N-dealkylation sites (tertiary alicyclic amines) is 1. The maximum Gasteiger partial charge on any atom is 0.338 e. The van der Waals surface area contributed by atoms with Crippen molar-refractivity contribution in [3.8, 4) is 0 Å². The van der Waals surface area contributed by atoms with Gasteiger partial charge in [0.2, 0.25) is 5.91 Å². The van der Waals surface area contributed by atoms with Gasteiger partial charge >= 0.3 is 11.9 Å². The summed E-state index contributed by atoms with van der Waals surface area (Å²) in [6.07, 6.45) is 1.61. The summed E-state index contributed by atoms with van der Waals surface area (Å²) in [5, 5.41) is 2.67. The monoisotopic (exact) mass is 601 g/mol. The Balaban J connectivity index is 1.41. The number of esters is 2. The van der Waals surface area contributed by atoms with Crippen LogP contribution in [-0.4, -0.2) is 52.5 Å². The average Bonchev–Trinajstić information content (AvgIpc) is 3.41. The van der Waals surface area contributed by atoms with Gasteiger partial charge in [-0.2, -0.15) is 0 Å². The van der Waals surface area contributed by atoms with Crippen LogP contribution in [0.25, 0.3) is 0 Å². The van der Waals surface area contributed by atoms with Crippen LogP contribution in [0.1, 0.15) is 75.6 Å². The fourth-order valence-electron chi connectivity index (χ4n) is 5.73. The van der Waals surface area contributed by atoms with Gasteiger partial charge in [0.15, 0.2) is 5.17 Å². The molecule has 0 aliphatic carbocycles. The first kappa shape index (κ1) is 30.6. The first-order valence-corrected chi connectivity index (χ1v) is 15.8. The van der Waals surface area contributed by atoms with Crippen molar-refractivity contribution in [2.75, 3.05) is 19.7 Å². The molecule has 8 nitrogen and oxygen atoms in total. The number of nitrogens with zero attached hydrogens (tertiary/aromatic N) is 3. The van der Waals surface area contributed by atoms with E-state index in [2.05, 4.69) is 38.1 Å². The minimum absolute atomic E-state index is 0.0597. The van der Waals surface area contributed by atoms with Gasteiger partial charge < -0.3 is 19.3 Å². The maximum atomic E-state index is 13.7. The fraction of sp³-hybridized carbons (Fsp3) is 0.412. The summed E-state index contributed by atoms with van der Waals surface area (Å²) in [7, 11) is 0. The van der Waals surface area contributed by atoms with Gasteiger partial charge in [0.1, 0.15) is 6.61 Å². The topological polar surface area (TPSA) is 88.5 Å². The molecule has 1 amide bonds. The highest BCUT2D eigenvalue weighted by atomic mass is 32.2. The Morgan fingerprint density at radius 3 is 2.49 bits per heavy atom. The van der Waals surface area contributed by atoms with E-state index in [1.54, 1.807) is 11.8 Å². The summed E-state index contributed by atoms with van der Waals surface area (Å²) >= 11 is 1.45. The second-order valence-corrected chi connectivity index (χ2v) is 12.2. The Labute approximate surface area is 257 Å². The van der Waals surface area contributed by atoms with Gasteiger partial charge in [0.05, 0.1) is 36.3 Å². The maximum absolute atomic E-state index is 13.7.